The molecule has 2 N–H and O–H groups in total. The normalized spacial score (nSPS) is 10.9. The Morgan fingerprint density at radius 3 is 2.76 bits per heavy atom. The van der Waals surface area contributed by atoms with E-state index >= 15 is 0 Å². The minimum atomic E-state index is -0.729. The van der Waals surface area contributed by atoms with E-state index in [2.05, 4.69) is 10.3 Å². The topological polar surface area (TPSA) is 71.2 Å². The summed E-state index contributed by atoms with van der Waals surface area (Å²) in [5.74, 6) is -1.18. The summed E-state index contributed by atoms with van der Waals surface area (Å²) >= 11 is 0. The van der Waals surface area contributed by atoms with Crippen LogP contribution in [-0.4, -0.2) is 23.6 Å². The molecule has 2 rings (SSSR count). The van der Waals surface area contributed by atoms with Gasteiger partial charge in [-0.2, -0.15) is 0 Å². The van der Waals surface area contributed by atoms with Crippen LogP contribution in [0.1, 0.15) is 31.1 Å². The maximum Gasteiger partial charge on any atom is 0.345 e. The lowest BCUT2D eigenvalue weighted by atomic mass is 10.1. The number of rotatable bonds is 4. The molecule has 0 spiro atoms. The average Bonchev–Trinajstić information content (AvgIpc) is 2.39. The van der Waals surface area contributed by atoms with Crippen molar-refractivity contribution in [1.29, 1.82) is 0 Å². The zero-order valence-electron chi connectivity index (χ0n) is 12.1. The molecule has 6 heteroatoms. The second-order valence-corrected chi connectivity index (χ2v) is 4.91. The molecule has 1 aromatic carbocycles. The molecule has 0 aliphatic rings. The third-order valence-electron chi connectivity index (χ3n) is 2.89. The van der Waals surface area contributed by atoms with Crippen molar-refractivity contribution in [3.63, 3.8) is 0 Å². The van der Waals surface area contributed by atoms with Crippen LogP contribution in [0.4, 0.5) is 10.1 Å². The Labute approximate surface area is 121 Å². The second kappa shape index (κ2) is 5.95. The molecule has 2 aromatic rings. The number of aromatic amines is 1. The van der Waals surface area contributed by atoms with Gasteiger partial charge < -0.3 is 15.0 Å². The van der Waals surface area contributed by atoms with Crippen LogP contribution >= 0.6 is 0 Å². The molecule has 0 saturated heterocycles. The average molecular weight is 292 g/mol. The lowest BCUT2D eigenvalue weighted by molar-refractivity contribution is 0.0525. The van der Waals surface area contributed by atoms with Gasteiger partial charge in [0.05, 0.1) is 17.8 Å². The van der Waals surface area contributed by atoms with Crippen LogP contribution in [0.2, 0.25) is 0 Å². The Morgan fingerprint density at radius 2 is 2.14 bits per heavy atom. The van der Waals surface area contributed by atoms with E-state index in [4.69, 9.17) is 4.74 Å². The van der Waals surface area contributed by atoms with Gasteiger partial charge in [0.15, 0.2) is 0 Å². The Balaban J connectivity index is 2.78. The fourth-order valence-corrected chi connectivity index (χ4v) is 2.10. The van der Waals surface area contributed by atoms with E-state index in [1.807, 2.05) is 13.8 Å². The van der Waals surface area contributed by atoms with Gasteiger partial charge in [-0.15, -0.1) is 0 Å². The van der Waals surface area contributed by atoms with E-state index in [0.717, 1.165) is 0 Å². The molecular formula is C15H17FN2O3. The molecule has 1 heterocycles. The first kappa shape index (κ1) is 15.0. The van der Waals surface area contributed by atoms with Gasteiger partial charge in [0.25, 0.3) is 5.56 Å². The number of carbonyl (C=O) groups is 1. The molecule has 0 amide bonds. The van der Waals surface area contributed by atoms with E-state index in [1.165, 1.54) is 18.2 Å². The van der Waals surface area contributed by atoms with Crippen LogP contribution in [0.3, 0.4) is 0 Å². The number of aromatic nitrogens is 1. The maximum absolute atomic E-state index is 13.5. The summed E-state index contributed by atoms with van der Waals surface area (Å²) in [6.45, 7) is 5.53. The van der Waals surface area contributed by atoms with Crippen LogP contribution in [0.25, 0.3) is 10.9 Å². The van der Waals surface area contributed by atoms with E-state index in [9.17, 15) is 14.0 Å². The predicted octanol–water partition coefficient (Wildman–Crippen LogP) is 2.66. The van der Waals surface area contributed by atoms with Gasteiger partial charge in [0.2, 0.25) is 0 Å². The number of hydrogen-bond donors (Lipinski definition) is 2. The molecular weight excluding hydrogens is 275 g/mol. The summed E-state index contributed by atoms with van der Waals surface area (Å²) in [4.78, 5) is 26.7. The largest absolute Gasteiger partial charge is 0.462 e. The molecule has 5 nitrogen and oxygen atoms in total. The van der Waals surface area contributed by atoms with Crippen LogP contribution in [-0.2, 0) is 4.74 Å². The summed E-state index contributed by atoms with van der Waals surface area (Å²) < 4.78 is 18.4. The zero-order chi connectivity index (χ0) is 15.6. The van der Waals surface area contributed by atoms with Crippen molar-refractivity contribution in [2.75, 3.05) is 11.9 Å². The van der Waals surface area contributed by atoms with Crippen LogP contribution in [0.15, 0.2) is 23.0 Å². The molecule has 0 radical (unpaired) electrons. The van der Waals surface area contributed by atoms with Gasteiger partial charge in [-0.1, -0.05) is 0 Å². The lowest BCUT2D eigenvalue weighted by Crippen LogP contribution is -2.24. The number of esters is 1. The first-order chi connectivity index (χ1) is 9.93. The number of hydrogen-bond acceptors (Lipinski definition) is 4. The number of carbonyl (C=O) groups excluding carboxylic acids is 1. The summed E-state index contributed by atoms with van der Waals surface area (Å²) in [5.41, 5.74) is 0.0543. The van der Waals surface area contributed by atoms with Crippen LogP contribution in [0, 0.1) is 5.82 Å². The van der Waals surface area contributed by atoms with Gasteiger partial charge >= 0.3 is 5.97 Å². The Morgan fingerprint density at radius 1 is 1.43 bits per heavy atom. The summed E-state index contributed by atoms with van der Waals surface area (Å²) in [6.07, 6.45) is 0. The highest BCUT2D eigenvalue weighted by Gasteiger charge is 2.21. The minimum Gasteiger partial charge on any atom is -0.462 e. The van der Waals surface area contributed by atoms with Crippen LogP contribution in [0.5, 0.6) is 0 Å². The lowest BCUT2D eigenvalue weighted by Gasteiger charge is -2.16. The highest BCUT2D eigenvalue weighted by atomic mass is 19.1. The summed E-state index contributed by atoms with van der Waals surface area (Å²) in [7, 11) is 0. The SMILES string of the molecule is CCOC(=O)c1c(NC(C)C)c2cc(F)ccc2[nH]c1=O. The number of benzene rings is 1. The monoisotopic (exact) mass is 292 g/mol. The van der Waals surface area contributed by atoms with Crippen molar-refractivity contribution in [3.05, 3.63) is 39.9 Å². The quantitative estimate of drug-likeness (QED) is 0.850. The van der Waals surface area contributed by atoms with Gasteiger partial charge in [-0.05, 0) is 39.0 Å². The number of ether oxygens (including phenoxy) is 1. The number of pyridine rings is 1. The number of anilines is 1. The van der Waals surface area contributed by atoms with Gasteiger partial charge in [0, 0.05) is 11.4 Å². The number of H-pyrrole nitrogens is 1. The van der Waals surface area contributed by atoms with E-state index in [1.54, 1.807) is 6.92 Å². The molecule has 0 saturated carbocycles. The van der Waals surface area contributed by atoms with E-state index < -0.39 is 17.3 Å². The van der Waals surface area contributed by atoms with Gasteiger partial charge in [-0.25, -0.2) is 9.18 Å². The number of nitrogens with one attached hydrogen (secondary N) is 2. The molecule has 112 valence electrons. The molecule has 21 heavy (non-hydrogen) atoms. The third-order valence-corrected chi connectivity index (χ3v) is 2.89. The molecule has 0 fully saturated rings. The van der Waals surface area contributed by atoms with Crippen molar-refractivity contribution >= 4 is 22.6 Å². The first-order valence-corrected chi connectivity index (χ1v) is 6.73. The molecule has 0 atom stereocenters. The van der Waals surface area contributed by atoms with Crippen LogP contribution < -0.4 is 10.9 Å². The van der Waals surface area contributed by atoms with Crippen molar-refractivity contribution in [2.24, 2.45) is 0 Å². The number of halogens is 1. The molecule has 0 unspecified atom stereocenters. The predicted molar refractivity (Wildman–Crippen MR) is 79.2 cm³/mol. The standard InChI is InChI=1S/C15H17FN2O3/c1-4-21-15(20)12-13(17-8(2)3)10-7-9(16)5-6-11(10)18-14(12)19/h5-8H,4H2,1-3H3,(H2,17,18,19). The summed E-state index contributed by atoms with van der Waals surface area (Å²) in [5, 5.41) is 3.47. The second-order valence-electron chi connectivity index (χ2n) is 4.91. The third kappa shape index (κ3) is 3.04. The minimum absolute atomic E-state index is 0.0357. The summed E-state index contributed by atoms with van der Waals surface area (Å²) in [6, 6.07) is 3.96. The highest BCUT2D eigenvalue weighted by molar-refractivity contribution is 6.04. The van der Waals surface area contributed by atoms with Gasteiger partial charge in [-0.3, -0.25) is 4.79 Å². The first-order valence-electron chi connectivity index (χ1n) is 6.73. The van der Waals surface area contributed by atoms with E-state index in [0.29, 0.717) is 16.6 Å². The Kier molecular flexibility index (Phi) is 4.26. The zero-order valence-corrected chi connectivity index (χ0v) is 12.1. The maximum atomic E-state index is 13.5. The van der Waals surface area contributed by atoms with Gasteiger partial charge in [0.1, 0.15) is 11.4 Å². The van der Waals surface area contributed by atoms with Crippen molar-refractivity contribution < 1.29 is 13.9 Å². The molecule has 0 aliphatic heterocycles. The van der Waals surface area contributed by atoms with Crippen molar-refractivity contribution in [1.82, 2.24) is 4.98 Å². The molecule has 0 aliphatic carbocycles. The fraction of sp³-hybridized carbons (Fsp3) is 0.333. The molecule has 1 aromatic heterocycles. The fourth-order valence-electron chi connectivity index (χ4n) is 2.10. The Bertz CT molecular complexity index is 738. The highest BCUT2D eigenvalue weighted by Crippen LogP contribution is 2.26. The van der Waals surface area contributed by atoms with Crippen molar-refractivity contribution in [3.8, 4) is 0 Å². The molecule has 0 bridgehead atoms. The smallest absolute Gasteiger partial charge is 0.345 e. The Hall–Kier alpha value is -2.37. The number of fused-ring (bicyclic) bond motifs is 1. The van der Waals surface area contributed by atoms with Crippen molar-refractivity contribution in [2.45, 2.75) is 26.8 Å². The van der Waals surface area contributed by atoms with E-state index in [-0.39, 0.29) is 18.2 Å².